The Bertz CT molecular complexity index is 1110. The maximum Gasteiger partial charge on any atom is 0.144 e. The zero-order valence-electron chi connectivity index (χ0n) is 17.6. The minimum absolute atomic E-state index is 0.0659. The molecule has 32 heavy (non-hydrogen) atoms. The van der Waals surface area contributed by atoms with Crippen LogP contribution in [-0.4, -0.2) is 73.5 Å². The van der Waals surface area contributed by atoms with Gasteiger partial charge in [-0.25, -0.2) is 14.4 Å². The molecular formula is C23H25ClFN5O2. The first kappa shape index (κ1) is 21.3. The van der Waals surface area contributed by atoms with Gasteiger partial charge in [-0.3, -0.25) is 4.90 Å². The van der Waals surface area contributed by atoms with E-state index in [4.69, 9.17) is 21.1 Å². The van der Waals surface area contributed by atoms with Gasteiger partial charge in [0.05, 0.1) is 41.2 Å². The minimum atomic E-state index is -0.454. The summed E-state index contributed by atoms with van der Waals surface area (Å²) in [5.41, 5.74) is 3.09. The Morgan fingerprint density at radius 2 is 2.03 bits per heavy atom. The van der Waals surface area contributed by atoms with Crippen LogP contribution in [0.4, 0.5) is 10.1 Å². The molecule has 3 heterocycles. The van der Waals surface area contributed by atoms with Gasteiger partial charge in [-0.15, -0.1) is 0 Å². The Hall–Kier alpha value is -2.52. The molecule has 0 aliphatic carbocycles. The Morgan fingerprint density at radius 3 is 2.78 bits per heavy atom. The van der Waals surface area contributed by atoms with Gasteiger partial charge in [0.2, 0.25) is 0 Å². The van der Waals surface area contributed by atoms with Gasteiger partial charge in [-0.1, -0.05) is 11.6 Å². The predicted molar refractivity (Wildman–Crippen MR) is 123 cm³/mol. The number of anilines is 1. The number of rotatable bonds is 7. The Morgan fingerprint density at radius 1 is 1.19 bits per heavy atom. The highest BCUT2D eigenvalue weighted by atomic mass is 35.5. The molecule has 2 aromatic carbocycles. The summed E-state index contributed by atoms with van der Waals surface area (Å²) in [4.78, 5) is 11.3. The third-order valence-corrected chi connectivity index (χ3v) is 6.13. The van der Waals surface area contributed by atoms with Gasteiger partial charge in [-0.2, -0.15) is 0 Å². The molecule has 7 nitrogen and oxygen atoms in total. The van der Waals surface area contributed by atoms with Crippen molar-refractivity contribution < 1.29 is 13.9 Å². The molecule has 0 bridgehead atoms. The van der Waals surface area contributed by atoms with Gasteiger partial charge in [0.15, 0.2) is 0 Å². The first-order chi connectivity index (χ1) is 15.7. The Kier molecular flexibility index (Phi) is 6.36. The fourth-order valence-electron chi connectivity index (χ4n) is 3.91. The van der Waals surface area contributed by atoms with Crippen LogP contribution in [0, 0.1) is 5.82 Å². The van der Waals surface area contributed by atoms with Crippen LogP contribution in [0.5, 0.6) is 5.75 Å². The first-order valence-electron chi connectivity index (χ1n) is 10.8. The second kappa shape index (κ2) is 9.54. The van der Waals surface area contributed by atoms with Crippen LogP contribution in [0.2, 0.25) is 5.02 Å². The average Bonchev–Trinajstić information content (AvgIpc) is 2.78. The van der Waals surface area contributed by atoms with Crippen molar-refractivity contribution in [3.8, 4) is 17.0 Å². The van der Waals surface area contributed by atoms with Crippen molar-refractivity contribution in [3.05, 3.63) is 47.5 Å². The first-order valence-corrected chi connectivity index (χ1v) is 11.2. The summed E-state index contributed by atoms with van der Waals surface area (Å²) in [6, 6.07) is 8.92. The molecule has 0 radical (unpaired) electrons. The minimum Gasteiger partial charge on any atom is -0.490 e. The molecule has 2 fully saturated rings. The number of morpholine rings is 1. The van der Waals surface area contributed by atoms with E-state index in [0.29, 0.717) is 18.3 Å². The Labute approximate surface area is 190 Å². The van der Waals surface area contributed by atoms with Crippen molar-refractivity contribution >= 4 is 28.2 Å². The van der Waals surface area contributed by atoms with Crippen LogP contribution in [0.1, 0.15) is 0 Å². The standard InChI is InChI=1S/C23H25ClFN5O2/c24-18-9-15(1-2-19(18)25)23-17-10-21(29-16-12-26-13-16)22(11-20(17)27-14-28-23)32-8-5-30-3-6-31-7-4-30/h1-2,9-11,14,16,26,29H,3-8,12-13H2. The SMILES string of the molecule is Fc1ccc(-c2ncnc3cc(OCCN4CCOCC4)c(NC4CNC4)cc23)cc1Cl. The molecule has 0 atom stereocenters. The molecule has 5 rings (SSSR count). The lowest BCUT2D eigenvalue weighted by molar-refractivity contribution is 0.0323. The van der Waals surface area contributed by atoms with Crippen molar-refractivity contribution in [2.45, 2.75) is 6.04 Å². The predicted octanol–water partition coefficient (Wildman–Crippen LogP) is 3.18. The van der Waals surface area contributed by atoms with Crippen molar-refractivity contribution in [1.82, 2.24) is 20.2 Å². The highest BCUT2D eigenvalue weighted by Gasteiger charge is 2.20. The number of hydrogen-bond donors (Lipinski definition) is 2. The van der Waals surface area contributed by atoms with Gasteiger partial charge < -0.3 is 20.1 Å². The molecule has 9 heteroatoms. The molecule has 0 spiro atoms. The normalized spacial score (nSPS) is 17.3. The number of benzene rings is 2. The molecule has 3 aromatic rings. The third-order valence-electron chi connectivity index (χ3n) is 5.84. The molecule has 2 saturated heterocycles. The van der Waals surface area contributed by atoms with Gasteiger partial charge in [0.1, 0.15) is 24.5 Å². The zero-order valence-corrected chi connectivity index (χ0v) is 18.4. The van der Waals surface area contributed by atoms with Crippen LogP contribution >= 0.6 is 11.6 Å². The number of nitrogens with one attached hydrogen (secondary N) is 2. The van der Waals surface area contributed by atoms with Crippen LogP contribution in [0.25, 0.3) is 22.2 Å². The third kappa shape index (κ3) is 4.63. The Balaban J connectivity index is 1.45. The lowest BCUT2D eigenvalue weighted by Crippen LogP contribution is -2.51. The monoisotopic (exact) mass is 457 g/mol. The maximum atomic E-state index is 13.7. The summed E-state index contributed by atoms with van der Waals surface area (Å²) in [5.74, 6) is 0.309. The fraction of sp³-hybridized carbons (Fsp3) is 0.391. The smallest absolute Gasteiger partial charge is 0.144 e. The van der Waals surface area contributed by atoms with Crippen LogP contribution in [0.3, 0.4) is 0 Å². The molecule has 2 aliphatic heterocycles. The molecule has 1 aromatic heterocycles. The van der Waals surface area contributed by atoms with Crippen LogP contribution in [-0.2, 0) is 4.74 Å². The van der Waals surface area contributed by atoms with E-state index in [9.17, 15) is 4.39 Å². The maximum absolute atomic E-state index is 13.7. The molecule has 2 aliphatic rings. The van der Waals surface area contributed by atoms with E-state index in [0.717, 1.165) is 73.8 Å². The second-order valence-electron chi connectivity index (χ2n) is 8.02. The number of aromatic nitrogens is 2. The summed E-state index contributed by atoms with van der Waals surface area (Å²) in [7, 11) is 0. The van der Waals surface area contributed by atoms with E-state index in [1.54, 1.807) is 12.1 Å². The molecular weight excluding hydrogens is 433 g/mol. The van der Waals surface area contributed by atoms with Crippen molar-refractivity contribution in [1.29, 1.82) is 0 Å². The van der Waals surface area contributed by atoms with E-state index in [-0.39, 0.29) is 5.02 Å². The highest BCUT2D eigenvalue weighted by Crippen LogP contribution is 2.35. The summed E-state index contributed by atoms with van der Waals surface area (Å²) in [6.07, 6.45) is 1.51. The topological polar surface area (TPSA) is 71.5 Å². The summed E-state index contributed by atoms with van der Waals surface area (Å²) in [5, 5.41) is 7.76. The second-order valence-corrected chi connectivity index (χ2v) is 8.43. The molecule has 168 valence electrons. The van der Waals surface area contributed by atoms with Crippen molar-refractivity contribution in [3.63, 3.8) is 0 Å². The van der Waals surface area contributed by atoms with Crippen molar-refractivity contribution in [2.75, 3.05) is 57.9 Å². The quantitative estimate of drug-likeness (QED) is 0.564. The average molecular weight is 458 g/mol. The number of fused-ring (bicyclic) bond motifs is 1. The number of hydrogen-bond acceptors (Lipinski definition) is 7. The number of nitrogens with zero attached hydrogens (tertiary/aromatic N) is 3. The zero-order chi connectivity index (χ0) is 21.9. The van der Waals surface area contributed by atoms with Gasteiger partial charge in [0, 0.05) is 49.7 Å². The lowest BCUT2D eigenvalue weighted by atomic mass is 10.0. The van der Waals surface area contributed by atoms with Crippen LogP contribution in [0.15, 0.2) is 36.7 Å². The van der Waals surface area contributed by atoms with Crippen molar-refractivity contribution in [2.24, 2.45) is 0 Å². The van der Waals surface area contributed by atoms with Gasteiger partial charge >= 0.3 is 0 Å². The fourth-order valence-corrected chi connectivity index (χ4v) is 4.09. The number of halogens is 2. The summed E-state index contributed by atoms with van der Waals surface area (Å²) < 4.78 is 25.3. The van der Waals surface area contributed by atoms with E-state index in [1.165, 1.54) is 12.4 Å². The summed E-state index contributed by atoms with van der Waals surface area (Å²) in [6.45, 7) is 6.61. The van der Waals surface area contributed by atoms with E-state index < -0.39 is 5.82 Å². The molecule has 2 N–H and O–H groups in total. The number of ether oxygens (including phenoxy) is 2. The lowest BCUT2D eigenvalue weighted by Gasteiger charge is -2.30. The molecule has 0 saturated carbocycles. The van der Waals surface area contributed by atoms with E-state index >= 15 is 0 Å². The molecule has 0 amide bonds. The molecule has 0 unspecified atom stereocenters. The van der Waals surface area contributed by atoms with Crippen LogP contribution < -0.4 is 15.4 Å². The van der Waals surface area contributed by atoms with E-state index in [1.807, 2.05) is 12.1 Å². The highest BCUT2D eigenvalue weighted by molar-refractivity contribution is 6.31. The summed E-state index contributed by atoms with van der Waals surface area (Å²) >= 11 is 6.02. The van der Waals surface area contributed by atoms with Gasteiger partial charge in [-0.05, 0) is 24.3 Å². The van der Waals surface area contributed by atoms with E-state index in [2.05, 4.69) is 25.5 Å². The largest absolute Gasteiger partial charge is 0.490 e. The van der Waals surface area contributed by atoms with Gasteiger partial charge in [0.25, 0.3) is 0 Å².